The van der Waals surface area contributed by atoms with Crippen LogP contribution in [0.1, 0.15) is 26.2 Å². The summed E-state index contributed by atoms with van der Waals surface area (Å²) in [5, 5.41) is 8.83. The van der Waals surface area contributed by atoms with Crippen molar-refractivity contribution in [1.82, 2.24) is 5.32 Å². The van der Waals surface area contributed by atoms with Crippen LogP contribution < -0.4 is 10.6 Å². The Kier molecular flexibility index (Phi) is 3.93. The highest BCUT2D eigenvalue weighted by atomic mass is 16.2. The van der Waals surface area contributed by atoms with E-state index in [-0.39, 0.29) is 11.3 Å². The third kappa shape index (κ3) is 2.79. The lowest BCUT2D eigenvalue weighted by molar-refractivity contribution is -0.126. The monoisotopic (exact) mass is 282 g/mol. The van der Waals surface area contributed by atoms with E-state index >= 15 is 0 Å². The van der Waals surface area contributed by atoms with Gasteiger partial charge in [-0.2, -0.15) is 0 Å². The van der Waals surface area contributed by atoms with Crippen molar-refractivity contribution in [3.63, 3.8) is 0 Å². The molecular formula is C18H22N2O. The van der Waals surface area contributed by atoms with Gasteiger partial charge in [0.2, 0.25) is 5.91 Å². The minimum atomic E-state index is -0.260. The summed E-state index contributed by atoms with van der Waals surface area (Å²) in [4.78, 5) is 12.7. The highest BCUT2D eigenvalue weighted by Crippen LogP contribution is 2.32. The summed E-state index contributed by atoms with van der Waals surface area (Å²) in [7, 11) is 0. The molecule has 1 amide bonds. The van der Waals surface area contributed by atoms with E-state index in [9.17, 15) is 4.79 Å². The molecule has 0 saturated carbocycles. The third-order valence-electron chi connectivity index (χ3n) is 4.64. The number of piperidine rings is 1. The van der Waals surface area contributed by atoms with Crippen LogP contribution in [-0.2, 0) is 4.79 Å². The molecule has 1 heterocycles. The first kappa shape index (κ1) is 14.1. The van der Waals surface area contributed by atoms with E-state index in [0.717, 1.165) is 43.4 Å². The summed E-state index contributed by atoms with van der Waals surface area (Å²) in [6, 6.07) is 14.3. The Balaban J connectivity index is 1.81. The Hall–Kier alpha value is -1.87. The largest absolute Gasteiger partial charge is 0.326 e. The lowest BCUT2D eigenvalue weighted by atomic mass is 9.77. The fourth-order valence-corrected chi connectivity index (χ4v) is 3.15. The molecule has 21 heavy (non-hydrogen) atoms. The van der Waals surface area contributed by atoms with Crippen LogP contribution >= 0.6 is 0 Å². The smallest absolute Gasteiger partial charge is 0.231 e. The number of nitrogens with one attached hydrogen (secondary N) is 2. The molecule has 1 atom stereocenters. The van der Waals surface area contributed by atoms with Gasteiger partial charge in [-0.3, -0.25) is 4.79 Å². The standard InChI is InChI=1S/C18H22N2O/c1-2-18(10-5-11-19-13-18)17(21)20-16-9-8-14-6-3-4-7-15(14)12-16/h3-4,6-9,12,19H,2,5,10-11,13H2,1H3,(H,20,21). The van der Waals surface area contributed by atoms with E-state index in [1.54, 1.807) is 0 Å². The van der Waals surface area contributed by atoms with Gasteiger partial charge < -0.3 is 10.6 Å². The molecule has 1 aliphatic rings. The van der Waals surface area contributed by atoms with Crippen molar-refractivity contribution in [3.8, 4) is 0 Å². The maximum absolute atomic E-state index is 12.7. The Morgan fingerprint density at radius 1 is 1.24 bits per heavy atom. The van der Waals surface area contributed by atoms with Crippen molar-refractivity contribution in [1.29, 1.82) is 0 Å². The third-order valence-corrected chi connectivity index (χ3v) is 4.64. The van der Waals surface area contributed by atoms with Crippen LogP contribution in [0.15, 0.2) is 42.5 Å². The van der Waals surface area contributed by atoms with Gasteiger partial charge in [0.15, 0.2) is 0 Å². The number of carbonyl (C=O) groups excluding carboxylic acids is 1. The summed E-state index contributed by atoms with van der Waals surface area (Å²) in [5.41, 5.74) is 0.626. The molecule has 1 unspecified atom stereocenters. The number of carbonyl (C=O) groups is 1. The summed E-state index contributed by atoms with van der Waals surface area (Å²) < 4.78 is 0. The minimum Gasteiger partial charge on any atom is -0.326 e. The van der Waals surface area contributed by atoms with Crippen molar-refractivity contribution < 1.29 is 4.79 Å². The first-order valence-corrected chi connectivity index (χ1v) is 7.74. The first-order chi connectivity index (χ1) is 10.2. The number of fused-ring (bicyclic) bond motifs is 1. The normalized spacial score (nSPS) is 22.1. The van der Waals surface area contributed by atoms with E-state index in [1.807, 2.05) is 24.3 Å². The Morgan fingerprint density at radius 3 is 2.76 bits per heavy atom. The molecule has 2 aromatic carbocycles. The average Bonchev–Trinajstić information content (AvgIpc) is 2.55. The van der Waals surface area contributed by atoms with Gasteiger partial charge in [0, 0.05) is 12.2 Å². The van der Waals surface area contributed by atoms with E-state index in [0.29, 0.717) is 0 Å². The van der Waals surface area contributed by atoms with Gasteiger partial charge >= 0.3 is 0 Å². The molecular weight excluding hydrogens is 260 g/mol. The van der Waals surface area contributed by atoms with Crippen molar-refractivity contribution >= 4 is 22.4 Å². The number of benzene rings is 2. The molecule has 1 fully saturated rings. The zero-order valence-electron chi connectivity index (χ0n) is 12.5. The van der Waals surface area contributed by atoms with Crippen LogP contribution in [0.2, 0.25) is 0 Å². The van der Waals surface area contributed by atoms with Crippen molar-refractivity contribution in [2.75, 3.05) is 18.4 Å². The topological polar surface area (TPSA) is 41.1 Å². The molecule has 0 aromatic heterocycles. The van der Waals surface area contributed by atoms with Crippen LogP contribution in [0.4, 0.5) is 5.69 Å². The summed E-state index contributed by atoms with van der Waals surface area (Å²) in [5.74, 6) is 0.146. The molecule has 2 aromatic rings. The van der Waals surface area contributed by atoms with Crippen LogP contribution in [0.25, 0.3) is 10.8 Å². The molecule has 0 radical (unpaired) electrons. The fourth-order valence-electron chi connectivity index (χ4n) is 3.15. The highest BCUT2D eigenvalue weighted by Gasteiger charge is 2.37. The first-order valence-electron chi connectivity index (χ1n) is 7.74. The van der Waals surface area contributed by atoms with Gasteiger partial charge in [-0.05, 0) is 48.7 Å². The van der Waals surface area contributed by atoms with Crippen LogP contribution in [0.3, 0.4) is 0 Å². The van der Waals surface area contributed by atoms with Gasteiger partial charge in [-0.15, -0.1) is 0 Å². The lowest BCUT2D eigenvalue weighted by Gasteiger charge is -2.35. The van der Waals surface area contributed by atoms with Crippen LogP contribution in [0.5, 0.6) is 0 Å². The van der Waals surface area contributed by atoms with E-state index in [1.165, 1.54) is 5.39 Å². The highest BCUT2D eigenvalue weighted by molar-refractivity contribution is 5.97. The number of amides is 1. The van der Waals surface area contributed by atoms with E-state index in [4.69, 9.17) is 0 Å². The van der Waals surface area contributed by atoms with E-state index < -0.39 is 0 Å². The Bertz CT molecular complexity index is 644. The second-order valence-electron chi connectivity index (χ2n) is 5.93. The minimum absolute atomic E-state index is 0.146. The molecule has 1 saturated heterocycles. The second kappa shape index (κ2) is 5.86. The summed E-state index contributed by atoms with van der Waals surface area (Å²) in [6.45, 7) is 3.90. The van der Waals surface area contributed by atoms with Gasteiger partial charge in [-0.1, -0.05) is 37.3 Å². The van der Waals surface area contributed by atoms with Gasteiger partial charge in [0.1, 0.15) is 0 Å². The number of anilines is 1. The van der Waals surface area contributed by atoms with E-state index in [2.05, 4.69) is 35.8 Å². The number of rotatable bonds is 3. The molecule has 0 bridgehead atoms. The van der Waals surface area contributed by atoms with Crippen molar-refractivity contribution in [3.05, 3.63) is 42.5 Å². The maximum Gasteiger partial charge on any atom is 0.231 e. The molecule has 3 heteroatoms. The predicted molar refractivity (Wildman–Crippen MR) is 87.4 cm³/mol. The SMILES string of the molecule is CCC1(C(=O)Nc2ccc3ccccc3c2)CCCNC1. The lowest BCUT2D eigenvalue weighted by Crippen LogP contribution is -2.47. The molecule has 3 nitrogen and oxygen atoms in total. The molecule has 3 rings (SSSR count). The van der Waals surface area contributed by atoms with Crippen LogP contribution in [0, 0.1) is 5.41 Å². The zero-order valence-corrected chi connectivity index (χ0v) is 12.5. The Labute approximate surface area is 125 Å². The summed E-state index contributed by atoms with van der Waals surface area (Å²) in [6.07, 6.45) is 2.91. The predicted octanol–water partition coefficient (Wildman–Crippen LogP) is 3.56. The Morgan fingerprint density at radius 2 is 2.05 bits per heavy atom. The number of hydrogen-bond donors (Lipinski definition) is 2. The van der Waals surface area contributed by atoms with Gasteiger partial charge in [0.05, 0.1) is 5.41 Å². The van der Waals surface area contributed by atoms with Crippen molar-refractivity contribution in [2.45, 2.75) is 26.2 Å². The van der Waals surface area contributed by atoms with Crippen LogP contribution in [-0.4, -0.2) is 19.0 Å². The molecule has 1 aliphatic heterocycles. The second-order valence-corrected chi connectivity index (χ2v) is 5.93. The zero-order chi connectivity index (χ0) is 14.7. The molecule has 2 N–H and O–H groups in total. The molecule has 0 spiro atoms. The maximum atomic E-state index is 12.7. The quantitative estimate of drug-likeness (QED) is 0.903. The van der Waals surface area contributed by atoms with Gasteiger partial charge in [0.25, 0.3) is 0 Å². The summed E-state index contributed by atoms with van der Waals surface area (Å²) >= 11 is 0. The molecule has 0 aliphatic carbocycles. The molecule has 110 valence electrons. The average molecular weight is 282 g/mol. The fraction of sp³-hybridized carbons (Fsp3) is 0.389. The van der Waals surface area contributed by atoms with Crippen molar-refractivity contribution in [2.24, 2.45) is 5.41 Å². The number of hydrogen-bond acceptors (Lipinski definition) is 2. The van der Waals surface area contributed by atoms with Gasteiger partial charge in [-0.25, -0.2) is 0 Å².